The molecule has 2 fully saturated rings. The zero-order valence-electron chi connectivity index (χ0n) is 14.0. The summed E-state index contributed by atoms with van der Waals surface area (Å²) in [5, 5.41) is 0. The zero-order chi connectivity index (χ0) is 15.8. The van der Waals surface area contributed by atoms with Gasteiger partial charge in [-0.15, -0.1) is 12.4 Å². The number of hydrogen-bond acceptors (Lipinski definition) is 3. The molecule has 24 heavy (non-hydrogen) atoms. The summed E-state index contributed by atoms with van der Waals surface area (Å²) in [6.45, 7) is 0.934. The number of amides is 1. The predicted molar refractivity (Wildman–Crippen MR) is 96.2 cm³/mol. The first-order valence-corrected chi connectivity index (χ1v) is 9.02. The Balaban J connectivity index is 0.00000169. The maximum atomic E-state index is 11.6. The van der Waals surface area contributed by atoms with E-state index in [1.165, 1.54) is 30.4 Å². The lowest BCUT2D eigenvalue weighted by Crippen LogP contribution is -2.44. The van der Waals surface area contributed by atoms with E-state index in [0.29, 0.717) is 5.92 Å². The van der Waals surface area contributed by atoms with Crippen LogP contribution in [0.1, 0.15) is 55.6 Å². The van der Waals surface area contributed by atoms with Crippen LogP contribution in [0.4, 0.5) is 0 Å². The molecule has 4 rings (SSSR count). The minimum atomic E-state index is -0.197. The molecule has 132 valence electrons. The number of benzene rings is 1. The van der Waals surface area contributed by atoms with Gasteiger partial charge in [-0.3, -0.25) is 9.69 Å². The number of ether oxygens (including phenoxy) is 1. The minimum absolute atomic E-state index is 0. The summed E-state index contributed by atoms with van der Waals surface area (Å²) in [5.41, 5.74) is 8.54. The fraction of sp³-hybridized carbons (Fsp3) is 0.632. The van der Waals surface area contributed by atoms with Gasteiger partial charge in [0, 0.05) is 12.5 Å². The van der Waals surface area contributed by atoms with E-state index in [2.05, 4.69) is 29.2 Å². The van der Waals surface area contributed by atoms with Gasteiger partial charge in [0.25, 0.3) is 0 Å². The summed E-state index contributed by atoms with van der Waals surface area (Å²) < 4.78 is 6.53. The number of nitrogens with zero attached hydrogens (tertiary/aromatic N) is 1. The third-order valence-electron chi connectivity index (χ3n) is 5.89. The summed E-state index contributed by atoms with van der Waals surface area (Å²) in [6.07, 6.45) is 7.95. The van der Waals surface area contributed by atoms with E-state index in [4.69, 9.17) is 10.5 Å². The quantitative estimate of drug-likeness (QED) is 0.892. The van der Waals surface area contributed by atoms with Crippen molar-refractivity contribution < 1.29 is 9.53 Å². The SMILES string of the molecule is Cl.NC(=O)C1CCC2OC([C@H]3CCCc4ccccc43)CCCN21. The van der Waals surface area contributed by atoms with Gasteiger partial charge < -0.3 is 10.5 Å². The van der Waals surface area contributed by atoms with E-state index >= 15 is 0 Å². The summed E-state index contributed by atoms with van der Waals surface area (Å²) >= 11 is 0. The van der Waals surface area contributed by atoms with Crippen LogP contribution in [0.5, 0.6) is 0 Å². The Morgan fingerprint density at radius 3 is 2.79 bits per heavy atom. The first-order valence-electron chi connectivity index (χ1n) is 9.02. The molecule has 0 spiro atoms. The first-order chi connectivity index (χ1) is 11.2. The molecule has 2 heterocycles. The summed E-state index contributed by atoms with van der Waals surface area (Å²) in [7, 11) is 0. The lowest BCUT2D eigenvalue weighted by atomic mass is 9.78. The van der Waals surface area contributed by atoms with Gasteiger partial charge in [-0.2, -0.15) is 0 Å². The van der Waals surface area contributed by atoms with Gasteiger partial charge in [0.2, 0.25) is 5.91 Å². The number of fused-ring (bicyclic) bond motifs is 2. The first kappa shape index (κ1) is 17.7. The molecule has 0 aromatic heterocycles. The van der Waals surface area contributed by atoms with Crippen LogP contribution in [-0.2, 0) is 16.0 Å². The normalized spacial score (nSPS) is 33.0. The van der Waals surface area contributed by atoms with E-state index in [0.717, 1.165) is 32.2 Å². The fourth-order valence-corrected chi connectivity index (χ4v) is 4.80. The molecule has 0 radical (unpaired) electrons. The largest absolute Gasteiger partial charge is 0.368 e. The molecule has 2 aliphatic heterocycles. The molecule has 0 bridgehead atoms. The molecule has 2 saturated heterocycles. The molecule has 1 amide bonds. The number of aryl methyl sites for hydroxylation is 1. The molecular formula is C19H27ClN2O2. The van der Waals surface area contributed by atoms with Gasteiger partial charge in [0.15, 0.2) is 0 Å². The molecule has 1 aromatic carbocycles. The number of rotatable bonds is 2. The average molecular weight is 351 g/mol. The van der Waals surface area contributed by atoms with Gasteiger partial charge in [0.1, 0.15) is 6.23 Å². The second-order valence-electron chi connectivity index (χ2n) is 7.20. The van der Waals surface area contributed by atoms with Gasteiger partial charge in [-0.25, -0.2) is 0 Å². The van der Waals surface area contributed by atoms with Crippen molar-refractivity contribution in [2.24, 2.45) is 5.73 Å². The van der Waals surface area contributed by atoms with Crippen molar-refractivity contribution in [2.75, 3.05) is 6.54 Å². The number of hydrogen-bond donors (Lipinski definition) is 1. The fourth-order valence-electron chi connectivity index (χ4n) is 4.80. The highest BCUT2D eigenvalue weighted by atomic mass is 35.5. The van der Waals surface area contributed by atoms with Crippen molar-refractivity contribution in [3.63, 3.8) is 0 Å². The number of carbonyl (C=O) groups is 1. The van der Waals surface area contributed by atoms with Crippen LogP contribution in [0, 0.1) is 0 Å². The van der Waals surface area contributed by atoms with Gasteiger partial charge >= 0.3 is 0 Å². The molecule has 2 N–H and O–H groups in total. The molecule has 5 heteroatoms. The van der Waals surface area contributed by atoms with Crippen molar-refractivity contribution in [3.05, 3.63) is 35.4 Å². The lowest BCUT2D eigenvalue weighted by molar-refractivity contribution is -0.128. The summed E-state index contributed by atoms with van der Waals surface area (Å²) in [5.74, 6) is 0.310. The second kappa shape index (κ2) is 7.42. The Bertz CT molecular complexity index is 594. The highest BCUT2D eigenvalue weighted by Gasteiger charge is 2.41. The number of primary amides is 1. The van der Waals surface area contributed by atoms with E-state index in [9.17, 15) is 4.79 Å². The smallest absolute Gasteiger partial charge is 0.234 e. The number of carbonyl (C=O) groups excluding carboxylic acids is 1. The Morgan fingerprint density at radius 1 is 1.12 bits per heavy atom. The average Bonchev–Trinajstić information content (AvgIpc) is 2.85. The van der Waals surface area contributed by atoms with Gasteiger partial charge in [0.05, 0.1) is 12.1 Å². The molecule has 4 atom stereocenters. The Labute approximate surface area is 150 Å². The summed E-state index contributed by atoms with van der Waals surface area (Å²) in [4.78, 5) is 13.8. The van der Waals surface area contributed by atoms with Crippen LogP contribution in [-0.4, -0.2) is 35.7 Å². The Hall–Kier alpha value is -1.10. The van der Waals surface area contributed by atoms with Crippen LogP contribution >= 0.6 is 12.4 Å². The summed E-state index contributed by atoms with van der Waals surface area (Å²) in [6, 6.07) is 8.72. The number of halogens is 1. The van der Waals surface area contributed by atoms with E-state index in [1.54, 1.807) is 0 Å². The van der Waals surface area contributed by atoms with Gasteiger partial charge in [-0.1, -0.05) is 24.3 Å². The van der Waals surface area contributed by atoms with E-state index in [1.807, 2.05) is 0 Å². The van der Waals surface area contributed by atoms with Crippen LogP contribution in [0.25, 0.3) is 0 Å². The molecule has 4 nitrogen and oxygen atoms in total. The van der Waals surface area contributed by atoms with Crippen molar-refractivity contribution in [1.29, 1.82) is 0 Å². The van der Waals surface area contributed by atoms with Crippen molar-refractivity contribution in [1.82, 2.24) is 4.90 Å². The van der Waals surface area contributed by atoms with E-state index in [-0.39, 0.29) is 36.7 Å². The van der Waals surface area contributed by atoms with Crippen LogP contribution in [0.3, 0.4) is 0 Å². The molecule has 1 aliphatic carbocycles. The lowest BCUT2D eigenvalue weighted by Gasteiger charge is -2.34. The second-order valence-corrected chi connectivity index (χ2v) is 7.20. The highest BCUT2D eigenvalue weighted by molar-refractivity contribution is 5.85. The van der Waals surface area contributed by atoms with Crippen LogP contribution < -0.4 is 5.73 Å². The Morgan fingerprint density at radius 2 is 1.96 bits per heavy atom. The highest BCUT2D eigenvalue weighted by Crippen LogP contribution is 2.40. The maximum absolute atomic E-state index is 11.6. The molecular weight excluding hydrogens is 324 g/mol. The third kappa shape index (κ3) is 3.19. The van der Waals surface area contributed by atoms with Crippen LogP contribution in [0.2, 0.25) is 0 Å². The van der Waals surface area contributed by atoms with E-state index < -0.39 is 0 Å². The standard InChI is InChI=1S/C19H26N2O2.ClH/c20-19(22)16-10-11-18-21(16)12-4-9-17(23-18)15-8-3-6-13-5-1-2-7-14(13)15;/h1-2,5,7,15-18H,3-4,6,8-12H2,(H2,20,22);1H/t15-,16?,17?,18?;/m0./s1. The van der Waals surface area contributed by atoms with Crippen molar-refractivity contribution >= 4 is 18.3 Å². The third-order valence-corrected chi connectivity index (χ3v) is 5.89. The Kier molecular flexibility index (Phi) is 5.48. The minimum Gasteiger partial charge on any atom is -0.368 e. The number of nitrogens with two attached hydrogens (primary N) is 1. The van der Waals surface area contributed by atoms with Crippen LogP contribution in [0.15, 0.2) is 24.3 Å². The monoisotopic (exact) mass is 350 g/mol. The molecule has 0 saturated carbocycles. The maximum Gasteiger partial charge on any atom is 0.234 e. The molecule has 3 unspecified atom stereocenters. The topological polar surface area (TPSA) is 55.6 Å². The van der Waals surface area contributed by atoms with Crippen molar-refractivity contribution in [2.45, 2.75) is 69.2 Å². The zero-order valence-corrected chi connectivity index (χ0v) is 14.8. The molecule has 1 aromatic rings. The molecule has 3 aliphatic rings. The van der Waals surface area contributed by atoms with Gasteiger partial charge in [-0.05, 0) is 56.1 Å². The predicted octanol–water partition coefficient (Wildman–Crippen LogP) is 2.98. The van der Waals surface area contributed by atoms with Crippen molar-refractivity contribution in [3.8, 4) is 0 Å².